The molecule has 0 aromatic carbocycles. The number of rotatable bonds is 11. The molecule has 3 unspecified atom stereocenters. The molecule has 2 aliphatic carbocycles. The number of ketones is 1. The van der Waals surface area contributed by atoms with Crippen LogP contribution in [0.5, 0.6) is 0 Å². The highest BCUT2D eigenvalue weighted by Gasteiger charge is 2.52. The molecule has 2 heterocycles. The fourth-order valence-corrected chi connectivity index (χ4v) is 6.58. The van der Waals surface area contributed by atoms with Crippen molar-refractivity contribution in [2.24, 2.45) is 23.7 Å². The minimum absolute atomic E-state index is 0.0826. The number of fused-ring (bicyclic) bond motifs is 1. The van der Waals surface area contributed by atoms with Crippen LogP contribution in [0.1, 0.15) is 104 Å². The van der Waals surface area contributed by atoms with E-state index in [9.17, 15) is 4.79 Å². The largest absolute Gasteiger partial charge is 0.353 e. The average Bonchev–Trinajstić information content (AvgIpc) is 3.31. The van der Waals surface area contributed by atoms with Crippen LogP contribution in [0.2, 0.25) is 0 Å². The predicted molar refractivity (Wildman–Crippen MR) is 124 cm³/mol. The Morgan fingerprint density at radius 3 is 2.41 bits per heavy atom. The molecule has 4 fully saturated rings. The summed E-state index contributed by atoms with van der Waals surface area (Å²) in [6.45, 7) is 6.25. The van der Waals surface area contributed by atoms with E-state index in [4.69, 9.17) is 18.9 Å². The smallest absolute Gasteiger partial charge is 0.157 e. The number of hydrogen-bond donors (Lipinski definition) is 0. The van der Waals surface area contributed by atoms with Gasteiger partial charge in [0.25, 0.3) is 0 Å². The Morgan fingerprint density at radius 2 is 1.72 bits per heavy atom. The molecule has 0 N–H and O–H groups in total. The monoisotopic (exact) mass is 450 g/mol. The van der Waals surface area contributed by atoms with Crippen LogP contribution >= 0.6 is 0 Å². The van der Waals surface area contributed by atoms with E-state index >= 15 is 0 Å². The molecule has 2 saturated heterocycles. The van der Waals surface area contributed by atoms with E-state index in [0.717, 1.165) is 58.2 Å². The van der Waals surface area contributed by atoms with Gasteiger partial charge in [-0.2, -0.15) is 0 Å². The zero-order valence-corrected chi connectivity index (χ0v) is 20.5. The second-order valence-corrected chi connectivity index (χ2v) is 10.9. The molecular formula is C27H46O5. The number of unbranched alkanes of at least 4 members (excludes halogenated alkanes) is 1. The molecule has 5 nitrogen and oxygen atoms in total. The van der Waals surface area contributed by atoms with E-state index in [0.29, 0.717) is 30.0 Å². The predicted octanol–water partition coefficient (Wildman–Crippen LogP) is 6.03. The molecule has 4 aliphatic rings. The second kappa shape index (κ2) is 12.3. The SMILES string of the molecule is CCCCC(C)CC[C@H](OC1CCCCO1)[C@H]1[C@H]2CC(=O)C[C@H]2C[C@H]1OC1CCCCO1. The molecule has 8 atom stereocenters. The van der Waals surface area contributed by atoms with E-state index < -0.39 is 0 Å². The highest BCUT2D eigenvalue weighted by atomic mass is 16.7. The van der Waals surface area contributed by atoms with Crippen LogP contribution in [-0.4, -0.2) is 43.8 Å². The summed E-state index contributed by atoms with van der Waals surface area (Å²) in [6.07, 6.45) is 15.1. The van der Waals surface area contributed by atoms with Crippen molar-refractivity contribution in [1.29, 1.82) is 0 Å². The van der Waals surface area contributed by atoms with E-state index in [1.165, 1.54) is 38.5 Å². The molecule has 0 amide bonds. The van der Waals surface area contributed by atoms with E-state index in [2.05, 4.69) is 13.8 Å². The Morgan fingerprint density at radius 1 is 0.969 bits per heavy atom. The van der Waals surface area contributed by atoms with E-state index in [-0.39, 0.29) is 30.7 Å². The van der Waals surface area contributed by atoms with Crippen molar-refractivity contribution < 1.29 is 23.7 Å². The molecular weight excluding hydrogens is 404 g/mol. The van der Waals surface area contributed by atoms with Gasteiger partial charge in [-0.3, -0.25) is 4.79 Å². The summed E-state index contributed by atoms with van der Waals surface area (Å²) >= 11 is 0. The Kier molecular flexibility index (Phi) is 9.45. The van der Waals surface area contributed by atoms with Crippen molar-refractivity contribution in [1.82, 2.24) is 0 Å². The van der Waals surface area contributed by atoms with Crippen molar-refractivity contribution in [3.8, 4) is 0 Å². The third-order valence-electron chi connectivity index (χ3n) is 8.37. The minimum Gasteiger partial charge on any atom is -0.353 e. The molecule has 32 heavy (non-hydrogen) atoms. The zero-order valence-electron chi connectivity index (χ0n) is 20.5. The van der Waals surface area contributed by atoms with Gasteiger partial charge in [-0.25, -0.2) is 0 Å². The van der Waals surface area contributed by atoms with Gasteiger partial charge < -0.3 is 18.9 Å². The first-order valence-corrected chi connectivity index (χ1v) is 13.7. The van der Waals surface area contributed by atoms with E-state index in [1.807, 2.05) is 0 Å². The number of carbonyl (C=O) groups excluding carboxylic acids is 1. The first-order chi connectivity index (χ1) is 15.6. The van der Waals surface area contributed by atoms with Crippen LogP contribution in [0.25, 0.3) is 0 Å². The minimum atomic E-state index is -0.0950. The Hall–Kier alpha value is -0.490. The summed E-state index contributed by atoms with van der Waals surface area (Å²) < 4.78 is 25.3. The Labute approximate surface area is 195 Å². The molecule has 184 valence electrons. The molecule has 5 heteroatoms. The highest BCUT2D eigenvalue weighted by Crippen LogP contribution is 2.51. The lowest BCUT2D eigenvalue weighted by Crippen LogP contribution is -2.41. The van der Waals surface area contributed by atoms with Gasteiger partial charge in [0.1, 0.15) is 5.78 Å². The van der Waals surface area contributed by atoms with Crippen LogP contribution < -0.4 is 0 Å². The van der Waals surface area contributed by atoms with Gasteiger partial charge in [-0.15, -0.1) is 0 Å². The molecule has 0 aromatic heterocycles. The normalized spacial score (nSPS) is 37.4. The molecule has 2 saturated carbocycles. The average molecular weight is 451 g/mol. The van der Waals surface area contributed by atoms with Crippen molar-refractivity contribution in [2.75, 3.05) is 13.2 Å². The van der Waals surface area contributed by atoms with Crippen LogP contribution in [0.3, 0.4) is 0 Å². The van der Waals surface area contributed by atoms with Gasteiger partial charge in [0.05, 0.1) is 12.2 Å². The van der Waals surface area contributed by atoms with Crippen LogP contribution in [0, 0.1) is 23.7 Å². The molecule has 0 bridgehead atoms. The van der Waals surface area contributed by atoms with Crippen molar-refractivity contribution in [3.63, 3.8) is 0 Å². The number of hydrogen-bond acceptors (Lipinski definition) is 5. The van der Waals surface area contributed by atoms with Gasteiger partial charge in [0.2, 0.25) is 0 Å². The summed E-state index contributed by atoms with van der Waals surface area (Å²) in [6, 6.07) is 0. The summed E-state index contributed by atoms with van der Waals surface area (Å²) in [5.41, 5.74) is 0. The number of ether oxygens (including phenoxy) is 4. The molecule has 0 radical (unpaired) electrons. The van der Waals surface area contributed by atoms with Crippen molar-refractivity contribution in [2.45, 2.75) is 129 Å². The lowest BCUT2D eigenvalue weighted by atomic mass is 9.83. The maximum absolute atomic E-state index is 12.4. The zero-order chi connectivity index (χ0) is 22.3. The van der Waals surface area contributed by atoms with Gasteiger partial charge >= 0.3 is 0 Å². The lowest BCUT2D eigenvalue weighted by Gasteiger charge is -2.37. The van der Waals surface area contributed by atoms with Crippen LogP contribution in [0.4, 0.5) is 0 Å². The second-order valence-electron chi connectivity index (χ2n) is 10.9. The number of carbonyl (C=O) groups is 1. The van der Waals surface area contributed by atoms with Crippen LogP contribution in [0.15, 0.2) is 0 Å². The first kappa shape index (κ1) is 24.6. The molecule has 0 aromatic rings. The number of Topliss-reactive ketones (excluding diaryl/α,β-unsaturated/α-hetero) is 1. The molecule has 0 spiro atoms. The van der Waals surface area contributed by atoms with Gasteiger partial charge in [-0.05, 0) is 75.5 Å². The van der Waals surface area contributed by atoms with Crippen molar-refractivity contribution >= 4 is 5.78 Å². The maximum Gasteiger partial charge on any atom is 0.157 e. The lowest BCUT2D eigenvalue weighted by molar-refractivity contribution is -0.232. The molecule has 2 aliphatic heterocycles. The maximum atomic E-state index is 12.4. The Balaban J connectivity index is 1.47. The third kappa shape index (κ3) is 6.55. The summed E-state index contributed by atoms with van der Waals surface area (Å²) in [7, 11) is 0. The van der Waals surface area contributed by atoms with Gasteiger partial charge in [0.15, 0.2) is 12.6 Å². The summed E-state index contributed by atoms with van der Waals surface area (Å²) in [4.78, 5) is 12.4. The topological polar surface area (TPSA) is 54.0 Å². The van der Waals surface area contributed by atoms with Gasteiger partial charge in [-0.1, -0.05) is 33.1 Å². The standard InChI is InChI=1S/C27H46O5/c1-3-4-9-19(2)12-13-23(31-25-10-5-7-14-29-25)27-22-18-21(28)16-20(22)17-24(27)32-26-11-6-8-15-30-26/h19-20,22-27H,3-18H2,1-2H3/t19?,20-,22-,23-,24+,25?,26?,27+/m0/s1. The van der Waals surface area contributed by atoms with Crippen molar-refractivity contribution in [3.05, 3.63) is 0 Å². The van der Waals surface area contributed by atoms with Gasteiger partial charge in [0, 0.05) is 32.0 Å². The van der Waals surface area contributed by atoms with E-state index in [1.54, 1.807) is 0 Å². The van der Waals surface area contributed by atoms with Crippen LogP contribution in [-0.2, 0) is 23.7 Å². The third-order valence-corrected chi connectivity index (χ3v) is 8.37. The first-order valence-electron chi connectivity index (χ1n) is 13.7. The quantitative estimate of drug-likeness (QED) is 0.384. The molecule has 4 rings (SSSR count). The fraction of sp³-hybridized carbons (Fsp3) is 0.963. The summed E-state index contributed by atoms with van der Waals surface area (Å²) in [5.74, 6) is 2.27. The summed E-state index contributed by atoms with van der Waals surface area (Å²) in [5, 5.41) is 0. The fourth-order valence-electron chi connectivity index (χ4n) is 6.58. The highest BCUT2D eigenvalue weighted by molar-refractivity contribution is 5.81. The Bertz CT molecular complexity index is 568.